The molecule has 0 atom stereocenters. The lowest BCUT2D eigenvalue weighted by molar-refractivity contribution is -0.121. The summed E-state index contributed by atoms with van der Waals surface area (Å²) in [5, 5.41) is 3.11. The fraction of sp³-hybridized carbons (Fsp3) is 0.208. The molecule has 0 aliphatic carbocycles. The number of hydrogen-bond donors (Lipinski definition) is 1. The molecule has 0 aliphatic rings. The summed E-state index contributed by atoms with van der Waals surface area (Å²) in [4.78, 5) is 39.0. The first-order valence-electron chi connectivity index (χ1n) is 10.1. The molecule has 0 bridgehead atoms. The van der Waals surface area contributed by atoms with Gasteiger partial charge in [0, 0.05) is 0 Å². The number of fused-ring (bicyclic) bond motifs is 1. The van der Waals surface area contributed by atoms with Crippen molar-refractivity contribution in [2.75, 3.05) is 0 Å². The second kappa shape index (κ2) is 8.47. The molecule has 2 aromatic carbocycles. The number of hydrogen-bond acceptors (Lipinski definition) is 4. The number of amides is 1. The van der Waals surface area contributed by atoms with Gasteiger partial charge in [-0.15, -0.1) is 0 Å². The van der Waals surface area contributed by atoms with Crippen LogP contribution in [0.5, 0.6) is 0 Å². The Kier molecular flexibility index (Phi) is 5.58. The molecule has 1 amide bonds. The van der Waals surface area contributed by atoms with E-state index in [1.54, 1.807) is 48.5 Å². The van der Waals surface area contributed by atoms with E-state index < -0.39 is 11.2 Å². The van der Waals surface area contributed by atoms with Gasteiger partial charge in [-0.05, 0) is 47.9 Å². The summed E-state index contributed by atoms with van der Waals surface area (Å²) in [5.41, 5.74) is 1.02. The number of nitrogens with zero attached hydrogens (tertiary/aromatic N) is 2. The van der Waals surface area contributed by atoms with Gasteiger partial charge in [0.15, 0.2) is 0 Å². The second-order valence-electron chi connectivity index (χ2n) is 7.63. The maximum Gasteiger partial charge on any atom is 0.336 e. The summed E-state index contributed by atoms with van der Waals surface area (Å²) >= 11 is 0. The standard InChI is InChI=1S/C24H23N3O4/c1-16(2)17-9-11-18(12-10-17)27-23(29)20-7-3-4-8-21(20)26(24(27)30)15-22(28)25-14-19-6-5-13-31-19/h3-13,16H,14-15H2,1-2H3,(H,25,28). The molecule has 4 rings (SSSR count). The molecule has 0 saturated heterocycles. The predicted molar refractivity (Wildman–Crippen MR) is 118 cm³/mol. The fourth-order valence-electron chi connectivity index (χ4n) is 3.51. The van der Waals surface area contributed by atoms with E-state index in [9.17, 15) is 14.4 Å². The minimum atomic E-state index is -0.561. The van der Waals surface area contributed by atoms with Crippen molar-refractivity contribution in [3.63, 3.8) is 0 Å². The zero-order chi connectivity index (χ0) is 22.0. The van der Waals surface area contributed by atoms with E-state index in [0.717, 1.165) is 10.1 Å². The molecule has 0 unspecified atom stereocenters. The van der Waals surface area contributed by atoms with Gasteiger partial charge >= 0.3 is 5.69 Å². The molecule has 2 aromatic heterocycles. The molecule has 7 heteroatoms. The molecule has 0 radical (unpaired) electrons. The van der Waals surface area contributed by atoms with Crippen LogP contribution in [0.3, 0.4) is 0 Å². The Labute approximate surface area is 178 Å². The number of nitrogens with one attached hydrogen (secondary N) is 1. The van der Waals surface area contributed by atoms with Gasteiger partial charge in [-0.3, -0.25) is 14.2 Å². The highest BCUT2D eigenvalue weighted by atomic mass is 16.3. The molecule has 158 valence electrons. The third-order valence-electron chi connectivity index (χ3n) is 5.21. The molecule has 0 aliphatic heterocycles. The van der Waals surface area contributed by atoms with Crippen molar-refractivity contribution in [2.24, 2.45) is 0 Å². The first-order chi connectivity index (χ1) is 15.0. The van der Waals surface area contributed by atoms with Gasteiger partial charge in [-0.2, -0.15) is 0 Å². The Hall–Kier alpha value is -3.87. The van der Waals surface area contributed by atoms with Crippen LogP contribution in [0, 0.1) is 0 Å². The maximum absolute atomic E-state index is 13.3. The van der Waals surface area contributed by atoms with Gasteiger partial charge in [0.2, 0.25) is 5.91 Å². The van der Waals surface area contributed by atoms with Crippen molar-refractivity contribution in [1.29, 1.82) is 0 Å². The van der Waals surface area contributed by atoms with Crippen LogP contribution >= 0.6 is 0 Å². The molecule has 0 spiro atoms. The van der Waals surface area contributed by atoms with Crippen LogP contribution in [0.1, 0.15) is 31.1 Å². The SMILES string of the molecule is CC(C)c1ccc(-n2c(=O)c3ccccc3n(CC(=O)NCc3ccco3)c2=O)cc1. The monoisotopic (exact) mass is 417 g/mol. The molecular weight excluding hydrogens is 394 g/mol. The zero-order valence-corrected chi connectivity index (χ0v) is 17.4. The lowest BCUT2D eigenvalue weighted by atomic mass is 10.0. The Bertz CT molecular complexity index is 1330. The van der Waals surface area contributed by atoms with E-state index in [1.807, 2.05) is 12.1 Å². The van der Waals surface area contributed by atoms with Crippen LogP contribution < -0.4 is 16.6 Å². The summed E-state index contributed by atoms with van der Waals surface area (Å²) < 4.78 is 7.66. The quantitative estimate of drug-likeness (QED) is 0.522. The van der Waals surface area contributed by atoms with E-state index in [2.05, 4.69) is 19.2 Å². The summed E-state index contributed by atoms with van der Waals surface area (Å²) in [6.45, 7) is 4.15. The van der Waals surface area contributed by atoms with Crippen LogP contribution in [-0.4, -0.2) is 15.0 Å². The van der Waals surface area contributed by atoms with Crippen molar-refractivity contribution in [3.8, 4) is 5.69 Å². The first-order valence-corrected chi connectivity index (χ1v) is 10.1. The molecule has 31 heavy (non-hydrogen) atoms. The highest BCUT2D eigenvalue weighted by Crippen LogP contribution is 2.16. The van der Waals surface area contributed by atoms with Crippen LogP contribution in [0.4, 0.5) is 0 Å². The first kappa shape index (κ1) is 20.4. The Morgan fingerprint density at radius 2 is 1.74 bits per heavy atom. The Morgan fingerprint density at radius 1 is 1.00 bits per heavy atom. The number of carbonyl (C=O) groups excluding carboxylic acids is 1. The summed E-state index contributed by atoms with van der Waals surface area (Å²) in [6, 6.07) is 17.6. The van der Waals surface area contributed by atoms with E-state index >= 15 is 0 Å². The van der Waals surface area contributed by atoms with E-state index in [-0.39, 0.29) is 19.0 Å². The van der Waals surface area contributed by atoms with Crippen LogP contribution in [0.25, 0.3) is 16.6 Å². The number of para-hydroxylation sites is 1. The molecule has 7 nitrogen and oxygen atoms in total. The lowest BCUT2D eigenvalue weighted by Crippen LogP contribution is -2.41. The predicted octanol–water partition coefficient (Wildman–Crippen LogP) is 3.19. The van der Waals surface area contributed by atoms with Gasteiger partial charge in [0.25, 0.3) is 5.56 Å². The van der Waals surface area contributed by atoms with Crippen LogP contribution in [-0.2, 0) is 17.9 Å². The van der Waals surface area contributed by atoms with E-state index in [0.29, 0.717) is 28.3 Å². The number of aromatic nitrogens is 2. The van der Waals surface area contributed by atoms with Crippen molar-refractivity contribution < 1.29 is 9.21 Å². The smallest absolute Gasteiger partial charge is 0.336 e. The number of furan rings is 1. The van der Waals surface area contributed by atoms with Crippen LogP contribution in [0.15, 0.2) is 80.9 Å². The summed E-state index contributed by atoms with van der Waals surface area (Å²) in [6.07, 6.45) is 1.53. The van der Waals surface area contributed by atoms with Gasteiger partial charge in [0.05, 0.1) is 29.4 Å². The Balaban J connectivity index is 1.76. The van der Waals surface area contributed by atoms with E-state index in [4.69, 9.17) is 4.42 Å². The van der Waals surface area contributed by atoms with Gasteiger partial charge in [-0.1, -0.05) is 38.1 Å². The fourth-order valence-corrected chi connectivity index (χ4v) is 3.51. The molecular formula is C24H23N3O4. The minimum absolute atomic E-state index is 0.217. The topological polar surface area (TPSA) is 86.2 Å². The number of rotatable bonds is 6. The molecule has 4 aromatic rings. The van der Waals surface area contributed by atoms with Gasteiger partial charge < -0.3 is 9.73 Å². The minimum Gasteiger partial charge on any atom is -0.467 e. The third-order valence-corrected chi connectivity index (χ3v) is 5.21. The summed E-state index contributed by atoms with van der Waals surface area (Å²) in [7, 11) is 0. The van der Waals surface area contributed by atoms with Crippen LogP contribution in [0.2, 0.25) is 0 Å². The number of benzene rings is 2. The summed E-state index contributed by atoms with van der Waals surface area (Å²) in [5.74, 6) is 0.585. The average Bonchev–Trinajstić information content (AvgIpc) is 3.29. The van der Waals surface area contributed by atoms with Crippen molar-refractivity contribution in [2.45, 2.75) is 32.9 Å². The van der Waals surface area contributed by atoms with Gasteiger partial charge in [0.1, 0.15) is 12.3 Å². The molecule has 0 saturated carbocycles. The number of carbonyl (C=O) groups is 1. The largest absolute Gasteiger partial charge is 0.467 e. The third kappa shape index (κ3) is 4.07. The molecule has 2 heterocycles. The average molecular weight is 417 g/mol. The highest BCUT2D eigenvalue weighted by Gasteiger charge is 2.16. The van der Waals surface area contributed by atoms with Gasteiger partial charge in [-0.25, -0.2) is 9.36 Å². The molecule has 0 fully saturated rings. The van der Waals surface area contributed by atoms with Crippen molar-refractivity contribution in [3.05, 3.63) is 99.1 Å². The highest BCUT2D eigenvalue weighted by molar-refractivity contribution is 5.81. The second-order valence-corrected chi connectivity index (χ2v) is 7.63. The zero-order valence-electron chi connectivity index (χ0n) is 17.4. The van der Waals surface area contributed by atoms with Crippen molar-refractivity contribution in [1.82, 2.24) is 14.5 Å². The Morgan fingerprint density at radius 3 is 2.42 bits per heavy atom. The van der Waals surface area contributed by atoms with Crippen molar-refractivity contribution >= 4 is 16.8 Å². The van der Waals surface area contributed by atoms with E-state index in [1.165, 1.54) is 10.8 Å². The molecule has 1 N–H and O–H groups in total. The maximum atomic E-state index is 13.3. The lowest BCUT2D eigenvalue weighted by Gasteiger charge is -2.14. The normalized spacial score (nSPS) is 11.2.